The molecule has 156 valence electrons. The summed E-state index contributed by atoms with van der Waals surface area (Å²) in [7, 11) is 0. The largest absolute Gasteiger partial charge is 0.451 e. The number of hydrogen-bond donors (Lipinski definition) is 3. The fourth-order valence-corrected chi connectivity index (χ4v) is 3.53. The summed E-state index contributed by atoms with van der Waals surface area (Å²) in [4.78, 5) is 39.2. The first-order valence-electron chi connectivity index (χ1n) is 9.34. The highest BCUT2D eigenvalue weighted by atomic mass is 35.5. The number of aromatic amines is 1. The van der Waals surface area contributed by atoms with Gasteiger partial charge in [0.05, 0.1) is 11.6 Å². The lowest BCUT2D eigenvalue weighted by molar-refractivity contribution is -0.126. The molecule has 0 unspecified atom stereocenters. The van der Waals surface area contributed by atoms with E-state index in [2.05, 4.69) is 15.6 Å². The van der Waals surface area contributed by atoms with Gasteiger partial charge in [-0.3, -0.25) is 9.59 Å². The van der Waals surface area contributed by atoms with E-state index in [-0.39, 0.29) is 23.2 Å². The fraction of sp³-hybridized carbons (Fsp3) is 0.227. The van der Waals surface area contributed by atoms with Gasteiger partial charge in [-0.2, -0.15) is 0 Å². The summed E-state index contributed by atoms with van der Waals surface area (Å²) >= 11 is 6.20. The van der Waals surface area contributed by atoms with Gasteiger partial charge in [-0.25, -0.2) is 4.79 Å². The van der Waals surface area contributed by atoms with Crippen LogP contribution in [0.25, 0.3) is 10.9 Å². The average molecular weight is 428 g/mol. The number of nitrogens with one attached hydrogen (secondary N) is 3. The van der Waals surface area contributed by atoms with Crippen molar-refractivity contribution in [3.8, 4) is 0 Å². The van der Waals surface area contributed by atoms with E-state index < -0.39 is 18.5 Å². The normalized spacial score (nSPS) is 10.7. The van der Waals surface area contributed by atoms with Gasteiger partial charge in [-0.1, -0.05) is 47.5 Å². The zero-order valence-electron chi connectivity index (χ0n) is 16.9. The number of aromatic nitrogens is 1. The van der Waals surface area contributed by atoms with Crippen molar-refractivity contribution in [2.45, 2.75) is 20.8 Å². The summed E-state index contributed by atoms with van der Waals surface area (Å²) in [6.45, 7) is 5.03. The number of amides is 2. The maximum absolute atomic E-state index is 12.2. The second-order valence-corrected chi connectivity index (χ2v) is 7.41. The fourth-order valence-electron chi connectivity index (χ4n) is 3.24. The van der Waals surface area contributed by atoms with E-state index in [1.54, 1.807) is 18.2 Å². The molecule has 3 rings (SSSR count). The smallest absolute Gasteiger partial charge is 0.356 e. The Morgan fingerprint density at radius 2 is 1.70 bits per heavy atom. The van der Waals surface area contributed by atoms with Crippen LogP contribution in [0, 0.1) is 20.8 Å². The predicted molar refractivity (Wildman–Crippen MR) is 116 cm³/mol. The number of halogens is 1. The third-order valence-corrected chi connectivity index (χ3v) is 4.96. The first-order valence-corrected chi connectivity index (χ1v) is 9.71. The van der Waals surface area contributed by atoms with E-state index in [0.29, 0.717) is 10.9 Å². The molecule has 2 amide bonds. The number of para-hydroxylation sites is 1. The van der Waals surface area contributed by atoms with Crippen molar-refractivity contribution >= 4 is 46.0 Å². The second-order valence-electron chi connectivity index (χ2n) is 7.03. The molecule has 0 fully saturated rings. The van der Waals surface area contributed by atoms with Crippen LogP contribution in [0.2, 0.25) is 5.02 Å². The molecule has 8 heteroatoms. The van der Waals surface area contributed by atoms with E-state index in [0.717, 1.165) is 22.4 Å². The minimum absolute atomic E-state index is 0.0775. The predicted octanol–water partition coefficient (Wildman–Crippen LogP) is 3.66. The van der Waals surface area contributed by atoms with Gasteiger partial charge in [0.2, 0.25) is 5.91 Å². The van der Waals surface area contributed by atoms with Gasteiger partial charge < -0.3 is 20.4 Å². The Balaban J connectivity index is 1.50. The maximum Gasteiger partial charge on any atom is 0.356 e. The first-order chi connectivity index (χ1) is 14.3. The monoisotopic (exact) mass is 427 g/mol. The molecule has 0 aliphatic heterocycles. The van der Waals surface area contributed by atoms with E-state index in [1.165, 1.54) is 0 Å². The maximum atomic E-state index is 12.2. The highest BCUT2D eigenvalue weighted by Crippen LogP contribution is 2.27. The number of rotatable bonds is 6. The number of esters is 1. The third-order valence-electron chi connectivity index (χ3n) is 4.57. The third kappa shape index (κ3) is 4.80. The molecule has 0 spiro atoms. The Morgan fingerprint density at radius 3 is 2.37 bits per heavy atom. The molecule has 0 radical (unpaired) electrons. The zero-order chi connectivity index (χ0) is 21.8. The zero-order valence-corrected chi connectivity index (χ0v) is 17.6. The molecule has 0 bridgehead atoms. The van der Waals surface area contributed by atoms with Gasteiger partial charge in [-0.15, -0.1) is 0 Å². The van der Waals surface area contributed by atoms with E-state index >= 15 is 0 Å². The average Bonchev–Trinajstić information content (AvgIpc) is 3.04. The number of carbonyl (C=O) groups excluding carboxylic acids is 3. The van der Waals surface area contributed by atoms with Crippen LogP contribution in [0.5, 0.6) is 0 Å². The lowest BCUT2D eigenvalue weighted by atomic mass is 10.1. The quantitative estimate of drug-likeness (QED) is 0.522. The van der Waals surface area contributed by atoms with E-state index in [1.807, 2.05) is 39.0 Å². The van der Waals surface area contributed by atoms with Crippen molar-refractivity contribution < 1.29 is 19.1 Å². The van der Waals surface area contributed by atoms with Gasteiger partial charge in [0.15, 0.2) is 6.61 Å². The van der Waals surface area contributed by atoms with Crippen LogP contribution >= 0.6 is 11.6 Å². The summed E-state index contributed by atoms with van der Waals surface area (Å²) in [5, 5.41) is 6.14. The van der Waals surface area contributed by atoms with Gasteiger partial charge in [0.1, 0.15) is 5.69 Å². The Hall–Kier alpha value is -3.32. The molecule has 0 aliphatic carbocycles. The minimum Gasteiger partial charge on any atom is -0.451 e. The summed E-state index contributed by atoms with van der Waals surface area (Å²) in [6, 6.07) is 11.1. The Labute approximate surface area is 178 Å². The van der Waals surface area contributed by atoms with Crippen molar-refractivity contribution in [1.82, 2.24) is 10.3 Å². The molecular formula is C22H22ClN3O4. The van der Waals surface area contributed by atoms with Gasteiger partial charge in [0, 0.05) is 16.6 Å². The summed E-state index contributed by atoms with van der Waals surface area (Å²) < 4.78 is 5.00. The molecule has 3 aromatic rings. The van der Waals surface area contributed by atoms with Crippen molar-refractivity contribution in [1.29, 1.82) is 0 Å². The van der Waals surface area contributed by atoms with Crippen molar-refractivity contribution in [2.75, 3.05) is 18.5 Å². The van der Waals surface area contributed by atoms with E-state index in [4.69, 9.17) is 16.3 Å². The Bertz CT molecular complexity index is 1110. The highest BCUT2D eigenvalue weighted by Gasteiger charge is 2.19. The van der Waals surface area contributed by atoms with Crippen molar-refractivity contribution in [3.63, 3.8) is 0 Å². The summed E-state index contributed by atoms with van der Waals surface area (Å²) in [5.41, 5.74) is 4.48. The second kappa shape index (κ2) is 9.00. The van der Waals surface area contributed by atoms with Crippen molar-refractivity contribution in [3.05, 3.63) is 63.8 Å². The molecule has 0 saturated heterocycles. The number of anilines is 1. The van der Waals surface area contributed by atoms with Crippen LogP contribution < -0.4 is 10.6 Å². The molecule has 30 heavy (non-hydrogen) atoms. The SMILES string of the molecule is Cc1cc(C)c(NC(=O)CNC(=O)COC(=O)c2[nH]c3ccccc3c2Cl)c(C)c1. The van der Waals surface area contributed by atoms with Crippen LogP contribution in [0.1, 0.15) is 27.2 Å². The number of aryl methyl sites for hydroxylation is 3. The summed E-state index contributed by atoms with van der Waals surface area (Å²) in [5.74, 6) is -1.71. The molecule has 0 atom stereocenters. The van der Waals surface area contributed by atoms with Crippen LogP contribution in [-0.2, 0) is 14.3 Å². The molecule has 0 saturated carbocycles. The van der Waals surface area contributed by atoms with Gasteiger partial charge in [0.25, 0.3) is 5.91 Å². The van der Waals surface area contributed by atoms with E-state index in [9.17, 15) is 14.4 Å². The molecule has 3 N–H and O–H groups in total. The molecule has 1 aromatic heterocycles. The number of ether oxygens (including phenoxy) is 1. The molecule has 1 heterocycles. The summed E-state index contributed by atoms with van der Waals surface area (Å²) in [6.07, 6.45) is 0. The number of carbonyl (C=O) groups is 3. The van der Waals surface area contributed by atoms with Crippen LogP contribution in [-0.4, -0.2) is 35.9 Å². The van der Waals surface area contributed by atoms with Crippen LogP contribution in [0.15, 0.2) is 36.4 Å². The van der Waals surface area contributed by atoms with Crippen molar-refractivity contribution in [2.24, 2.45) is 0 Å². The first kappa shape index (κ1) is 21.4. The lowest BCUT2D eigenvalue weighted by Crippen LogP contribution is -2.35. The van der Waals surface area contributed by atoms with Gasteiger partial charge in [-0.05, 0) is 38.0 Å². The highest BCUT2D eigenvalue weighted by molar-refractivity contribution is 6.38. The molecular weight excluding hydrogens is 406 g/mol. The molecule has 2 aromatic carbocycles. The molecule has 7 nitrogen and oxygen atoms in total. The number of fused-ring (bicyclic) bond motifs is 1. The standard InChI is InChI=1S/C22H22ClN3O4/c1-12-8-13(2)20(14(3)9-12)26-17(27)10-24-18(28)11-30-22(29)21-19(23)15-6-4-5-7-16(15)25-21/h4-9,25H,10-11H2,1-3H3,(H,24,28)(H,26,27). The Kier molecular flexibility index (Phi) is 6.42. The number of H-pyrrole nitrogens is 1. The van der Waals surface area contributed by atoms with Gasteiger partial charge >= 0.3 is 5.97 Å². The lowest BCUT2D eigenvalue weighted by Gasteiger charge is -2.13. The Morgan fingerprint density at radius 1 is 1.03 bits per heavy atom. The topological polar surface area (TPSA) is 100 Å². The van der Waals surface area contributed by atoms with Crippen LogP contribution in [0.3, 0.4) is 0 Å². The minimum atomic E-state index is -0.748. The molecule has 0 aliphatic rings. The number of hydrogen-bond acceptors (Lipinski definition) is 4. The van der Waals surface area contributed by atoms with Crippen LogP contribution in [0.4, 0.5) is 5.69 Å². The number of benzene rings is 2.